The fraction of sp³-hybridized carbons (Fsp3) is 0. The summed E-state index contributed by atoms with van der Waals surface area (Å²) in [6, 6.07) is 20.6. The van der Waals surface area contributed by atoms with Gasteiger partial charge in [-0.25, -0.2) is 4.79 Å². The fourth-order valence-corrected chi connectivity index (χ4v) is 3.22. The summed E-state index contributed by atoms with van der Waals surface area (Å²) in [7, 11) is 0. The van der Waals surface area contributed by atoms with E-state index in [0.29, 0.717) is 10.7 Å². The first-order valence-electron chi connectivity index (χ1n) is 7.18. The predicted octanol–water partition coefficient (Wildman–Crippen LogP) is 5.14. The van der Waals surface area contributed by atoms with Crippen LogP contribution in [0.3, 0.4) is 0 Å². The highest BCUT2D eigenvalue weighted by Crippen LogP contribution is 2.34. The molecule has 3 nitrogen and oxygen atoms in total. The van der Waals surface area contributed by atoms with Gasteiger partial charge in [0.05, 0.1) is 22.3 Å². The van der Waals surface area contributed by atoms with Gasteiger partial charge in [-0.1, -0.05) is 48.0 Å². The average Bonchev–Trinajstić information content (AvgIpc) is 2.88. The molecule has 0 fully saturated rings. The maximum Gasteiger partial charge on any atom is 0.337 e. The number of aromatic carboxylic acids is 1. The molecule has 1 heterocycles. The second kappa shape index (κ2) is 5.14. The molecule has 112 valence electrons. The van der Waals surface area contributed by atoms with Gasteiger partial charge < -0.3 is 9.67 Å². The van der Waals surface area contributed by atoms with Crippen molar-refractivity contribution < 1.29 is 9.90 Å². The van der Waals surface area contributed by atoms with Crippen LogP contribution in [0.5, 0.6) is 0 Å². The van der Waals surface area contributed by atoms with Crippen LogP contribution in [0.1, 0.15) is 10.4 Å². The molecule has 0 aliphatic rings. The minimum atomic E-state index is -0.950. The monoisotopic (exact) mass is 321 g/mol. The van der Waals surface area contributed by atoms with Crippen molar-refractivity contribution in [1.82, 2.24) is 4.57 Å². The van der Waals surface area contributed by atoms with Crippen molar-refractivity contribution in [3.05, 3.63) is 77.3 Å². The van der Waals surface area contributed by atoms with E-state index in [9.17, 15) is 9.90 Å². The summed E-state index contributed by atoms with van der Waals surface area (Å²) in [5.74, 6) is -0.950. The van der Waals surface area contributed by atoms with E-state index in [2.05, 4.69) is 0 Å². The van der Waals surface area contributed by atoms with Crippen molar-refractivity contribution in [2.45, 2.75) is 0 Å². The lowest BCUT2D eigenvalue weighted by Crippen LogP contribution is -2.05. The van der Waals surface area contributed by atoms with Gasteiger partial charge >= 0.3 is 5.97 Å². The lowest BCUT2D eigenvalue weighted by atomic mass is 10.1. The fourth-order valence-electron chi connectivity index (χ4n) is 3.05. The Labute approximate surface area is 137 Å². The highest BCUT2D eigenvalue weighted by atomic mass is 35.5. The standard InChI is InChI=1S/C19H12ClNO2/c20-12-9-10-14-13-5-1-3-7-16(13)21(18(14)11-12)17-8-4-2-6-15(17)19(22)23/h1-11H,(H,22,23). The van der Waals surface area contributed by atoms with Crippen LogP contribution in [0.4, 0.5) is 0 Å². The van der Waals surface area contributed by atoms with E-state index in [4.69, 9.17) is 11.6 Å². The van der Waals surface area contributed by atoms with Crippen LogP contribution in [-0.4, -0.2) is 15.6 Å². The Morgan fingerprint density at radius 2 is 1.57 bits per heavy atom. The summed E-state index contributed by atoms with van der Waals surface area (Å²) in [4.78, 5) is 11.6. The van der Waals surface area contributed by atoms with Gasteiger partial charge in [0, 0.05) is 15.8 Å². The molecular formula is C19H12ClNO2. The maximum atomic E-state index is 11.6. The number of carboxylic acid groups (broad SMARTS) is 1. The number of benzene rings is 3. The number of para-hydroxylation sites is 2. The van der Waals surface area contributed by atoms with Crippen molar-refractivity contribution in [2.75, 3.05) is 0 Å². The highest BCUT2D eigenvalue weighted by molar-refractivity contribution is 6.31. The minimum Gasteiger partial charge on any atom is -0.478 e. The zero-order chi connectivity index (χ0) is 16.0. The summed E-state index contributed by atoms with van der Waals surface area (Å²) < 4.78 is 1.96. The van der Waals surface area contributed by atoms with E-state index >= 15 is 0 Å². The van der Waals surface area contributed by atoms with Crippen LogP contribution in [0, 0.1) is 0 Å². The van der Waals surface area contributed by atoms with Crippen molar-refractivity contribution in [1.29, 1.82) is 0 Å². The second-order valence-electron chi connectivity index (χ2n) is 5.34. The van der Waals surface area contributed by atoms with Gasteiger partial charge in [0.1, 0.15) is 0 Å². The van der Waals surface area contributed by atoms with Gasteiger partial charge in [0.15, 0.2) is 0 Å². The summed E-state index contributed by atoms with van der Waals surface area (Å²) in [5, 5.41) is 12.3. The molecule has 23 heavy (non-hydrogen) atoms. The largest absolute Gasteiger partial charge is 0.478 e. The first-order chi connectivity index (χ1) is 11.2. The third-order valence-electron chi connectivity index (χ3n) is 4.01. The van der Waals surface area contributed by atoms with Crippen molar-refractivity contribution in [3.8, 4) is 5.69 Å². The van der Waals surface area contributed by atoms with Crippen LogP contribution in [0.2, 0.25) is 5.02 Å². The number of rotatable bonds is 2. The number of nitrogens with zero attached hydrogens (tertiary/aromatic N) is 1. The van der Waals surface area contributed by atoms with Crippen LogP contribution in [0.15, 0.2) is 66.7 Å². The van der Waals surface area contributed by atoms with Gasteiger partial charge in [-0.2, -0.15) is 0 Å². The zero-order valence-corrected chi connectivity index (χ0v) is 12.8. The Morgan fingerprint density at radius 3 is 2.39 bits per heavy atom. The van der Waals surface area contributed by atoms with Crippen LogP contribution in [-0.2, 0) is 0 Å². The molecule has 0 aliphatic carbocycles. The number of fused-ring (bicyclic) bond motifs is 3. The molecule has 3 aromatic carbocycles. The normalized spacial score (nSPS) is 11.2. The number of carbonyl (C=O) groups is 1. The topological polar surface area (TPSA) is 42.2 Å². The Balaban J connectivity index is 2.22. The molecule has 0 spiro atoms. The van der Waals surface area contributed by atoms with Crippen molar-refractivity contribution in [3.63, 3.8) is 0 Å². The van der Waals surface area contributed by atoms with Gasteiger partial charge in [-0.05, 0) is 30.3 Å². The Kier molecular flexibility index (Phi) is 3.10. The van der Waals surface area contributed by atoms with E-state index in [1.807, 2.05) is 59.2 Å². The molecule has 0 bridgehead atoms. The SMILES string of the molecule is O=C(O)c1ccccc1-n1c2ccccc2c2ccc(Cl)cc21. The van der Waals surface area contributed by atoms with E-state index in [1.165, 1.54) is 0 Å². The molecule has 0 saturated carbocycles. The molecule has 0 aliphatic heterocycles. The highest BCUT2D eigenvalue weighted by Gasteiger charge is 2.17. The Morgan fingerprint density at radius 1 is 0.870 bits per heavy atom. The number of halogens is 1. The van der Waals surface area contributed by atoms with E-state index in [1.54, 1.807) is 12.1 Å². The molecule has 4 rings (SSSR count). The zero-order valence-electron chi connectivity index (χ0n) is 12.0. The quantitative estimate of drug-likeness (QED) is 0.555. The van der Waals surface area contributed by atoms with Gasteiger partial charge in [-0.15, -0.1) is 0 Å². The van der Waals surface area contributed by atoms with E-state index in [-0.39, 0.29) is 5.56 Å². The number of aromatic nitrogens is 1. The second-order valence-corrected chi connectivity index (χ2v) is 5.77. The first kappa shape index (κ1) is 13.9. The number of hydrogen-bond donors (Lipinski definition) is 1. The molecule has 4 heteroatoms. The third-order valence-corrected chi connectivity index (χ3v) is 4.25. The number of hydrogen-bond acceptors (Lipinski definition) is 1. The number of carboxylic acids is 1. The van der Waals surface area contributed by atoms with Gasteiger partial charge in [0.25, 0.3) is 0 Å². The van der Waals surface area contributed by atoms with Crippen molar-refractivity contribution in [2.24, 2.45) is 0 Å². The maximum absolute atomic E-state index is 11.6. The average molecular weight is 322 g/mol. The summed E-state index contributed by atoms with van der Waals surface area (Å²) in [6.45, 7) is 0. The van der Waals surface area contributed by atoms with E-state index in [0.717, 1.165) is 21.8 Å². The molecule has 1 N–H and O–H groups in total. The molecule has 0 unspecified atom stereocenters. The lowest BCUT2D eigenvalue weighted by molar-refractivity contribution is 0.0697. The molecule has 0 atom stereocenters. The van der Waals surface area contributed by atoms with Crippen LogP contribution in [0.25, 0.3) is 27.5 Å². The minimum absolute atomic E-state index is 0.259. The molecule has 1 aromatic heterocycles. The smallest absolute Gasteiger partial charge is 0.337 e. The molecule has 0 amide bonds. The van der Waals surface area contributed by atoms with Crippen LogP contribution >= 0.6 is 11.6 Å². The molecule has 0 saturated heterocycles. The molecule has 4 aromatic rings. The van der Waals surface area contributed by atoms with Crippen LogP contribution < -0.4 is 0 Å². The predicted molar refractivity (Wildman–Crippen MR) is 92.8 cm³/mol. The third kappa shape index (κ3) is 2.09. The first-order valence-corrected chi connectivity index (χ1v) is 7.56. The Hall–Kier alpha value is -2.78. The molecule has 0 radical (unpaired) electrons. The Bertz CT molecular complexity index is 1070. The lowest BCUT2D eigenvalue weighted by Gasteiger charge is -2.11. The van der Waals surface area contributed by atoms with Gasteiger partial charge in [0.2, 0.25) is 0 Å². The summed E-state index contributed by atoms with van der Waals surface area (Å²) in [5.41, 5.74) is 2.74. The van der Waals surface area contributed by atoms with E-state index < -0.39 is 5.97 Å². The molecular weight excluding hydrogens is 310 g/mol. The summed E-state index contributed by atoms with van der Waals surface area (Å²) in [6.07, 6.45) is 0. The summed E-state index contributed by atoms with van der Waals surface area (Å²) >= 11 is 6.18. The van der Waals surface area contributed by atoms with Crippen molar-refractivity contribution >= 4 is 39.4 Å². The van der Waals surface area contributed by atoms with Gasteiger partial charge in [-0.3, -0.25) is 0 Å².